The van der Waals surface area contributed by atoms with Crippen molar-refractivity contribution in [2.24, 2.45) is 11.3 Å². The van der Waals surface area contributed by atoms with Crippen LogP contribution in [0.1, 0.15) is 107 Å². The molecule has 39 heavy (non-hydrogen) atoms. The SMILES string of the molecule is CC(C)(O)c1ccccc1CCCc1cccc(/C=C/C2CCCCCCC2)c1.CSCC1(CC(=O)O)CC1. The minimum atomic E-state index is -0.779. The fourth-order valence-corrected chi connectivity index (χ4v) is 6.78. The Labute approximate surface area is 241 Å². The number of aryl methyl sites for hydroxylation is 2. The number of hydrogen-bond acceptors (Lipinski definition) is 3. The number of aliphatic hydroxyl groups is 1. The summed E-state index contributed by atoms with van der Waals surface area (Å²) in [5.41, 5.74) is 4.46. The summed E-state index contributed by atoms with van der Waals surface area (Å²) in [4.78, 5) is 10.3. The average molecular weight is 551 g/mol. The van der Waals surface area contributed by atoms with Gasteiger partial charge in [-0.3, -0.25) is 4.79 Å². The molecule has 4 heteroatoms. The van der Waals surface area contributed by atoms with Crippen molar-refractivity contribution in [3.8, 4) is 0 Å². The second kappa shape index (κ2) is 15.7. The Morgan fingerprint density at radius 2 is 1.69 bits per heavy atom. The Hall–Kier alpha value is -2.04. The third-order valence-electron chi connectivity index (χ3n) is 8.18. The maximum atomic E-state index is 10.4. The molecule has 0 atom stereocenters. The van der Waals surface area contributed by atoms with Crippen LogP contribution in [0.3, 0.4) is 0 Å². The molecule has 0 saturated heterocycles. The van der Waals surface area contributed by atoms with Crippen LogP contribution in [0.25, 0.3) is 6.08 Å². The zero-order chi connectivity index (χ0) is 28.1. The van der Waals surface area contributed by atoms with Gasteiger partial charge in [0, 0.05) is 0 Å². The van der Waals surface area contributed by atoms with Gasteiger partial charge in [-0.25, -0.2) is 0 Å². The monoisotopic (exact) mass is 550 g/mol. The standard InChI is InChI=1S/C28H38O.C7H12O2S/c1-28(2,29)27-19-9-8-17-26(27)18-11-16-24-14-10-15-25(22-24)21-20-23-12-6-4-3-5-7-13-23;1-10-5-7(2-3-7)4-6(8)9/h8-10,14-15,17,19-23,29H,3-7,11-13,16,18H2,1-2H3;2-5H2,1H3,(H,8,9)/b21-20+;. The van der Waals surface area contributed by atoms with Crippen LogP contribution in [0, 0.1) is 11.3 Å². The van der Waals surface area contributed by atoms with Crippen LogP contribution in [0.4, 0.5) is 0 Å². The predicted octanol–water partition coefficient (Wildman–Crippen LogP) is 9.07. The maximum Gasteiger partial charge on any atom is 0.303 e. The second-order valence-electron chi connectivity index (χ2n) is 12.3. The molecule has 0 aromatic heterocycles. The molecule has 0 radical (unpaired) electrons. The van der Waals surface area contributed by atoms with Gasteiger partial charge in [-0.2, -0.15) is 11.8 Å². The molecule has 0 aliphatic heterocycles. The summed E-state index contributed by atoms with van der Waals surface area (Å²) in [6.07, 6.45) is 22.4. The first-order chi connectivity index (χ1) is 18.7. The highest BCUT2D eigenvalue weighted by molar-refractivity contribution is 7.98. The average Bonchev–Trinajstić information content (AvgIpc) is 3.62. The highest BCUT2D eigenvalue weighted by atomic mass is 32.2. The number of carbonyl (C=O) groups is 1. The quantitative estimate of drug-likeness (QED) is 0.293. The molecule has 0 unspecified atom stereocenters. The Morgan fingerprint density at radius 1 is 1.00 bits per heavy atom. The van der Waals surface area contributed by atoms with Gasteiger partial charge in [-0.15, -0.1) is 0 Å². The van der Waals surface area contributed by atoms with E-state index in [1.807, 2.05) is 26.2 Å². The number of benzene rings is 2. The van der Waals surface area contributed by atoms with E-state index in [1.165, 1.54) is 61.6 Å². The molecule has 2 fully saturated rings. The van der Waals surface area contributed by atoms with Gasteiger partial charge in [-0.05, 0) is 104 Å². The molecule has 4 rings (SSSR count). The lowest BCUT2D eigenvalue weighted by molar-refractivity contribution is -0.138. The van der Waals surface area contributed by atoms with Gasteiger partial charge in [0.1, 0.15) is 0 Å². The van der Waals surface area contributed by atoms with Crippen molar-refractivity contribution in [3.63, 3.8) is 0 Å². The van der Waals surface area contributed by atoms with Gasteiger partial charge < -0.3 is 10.2 Å². The molecule has 2 aromatic carbocycles. The largest absolute Gasteiger partial charge is 0.481 e. The number of rotatable bonds is 11. The summed E-state index contributed by atoms with van der Waals surface area (Å²) in [5, 5.41) is 18.9. The van der Waals surface area contributed by atoms with E-state index in [0.717, 1.165) is 49.3 Å². The van der Waals surface area contributed by atoms with Crippen molar-refractivity contribution in [2.75, 3.05) is 12.0 Å². The second-order valence-corrected chi connectivity index (χ2v) is 13.1. The van der Waals surface area contributed by atoms with E-state index in [2.05, 4.69) is 54.6 Å². The van der Waals surface area contributed by atoms with E-state index in [1.54, 1.807) is 11.8 Å². The van der Waals surface area contributed by atoms with E-state index in [-0.39, 0.29) is 5.41 Å². The molecule has 0 amide bonds. The van der Waals surface area contributed by atoms with Gasteiger partial charge in [0.05, 0.1) is 12.0 Å². The first-order valence-corrected chi connectivity index (χ1v) is 16.4. The molecule has 0 spiro atoms. The highest BCUT2D eigenvalue weighted by Crippen LogP contribution is 2.50. The molecule has 2 aliphatic carbocycles. The molecule has 2 N–H and O–H groups in total. The van der Waals surface area contributed by atoms with Gasteiger partial charge >= 0.3 is 5.97 Å². The third-order valence-corrected chi connectivity index (χ3v) is 9.08. The third kappa shape index (κ3) is 11.5. The van der Waals surface area contributed by atoms with Crippen LogP contribution < -0.4 is 0 Å². The molecule has 0 bridgehead atoms. The van der Waals surface area contributed by atoms with Crippen LogP contribution in [0.2, 0.25) is 0 Å². The van der Waals surface area contributed by atoms with E-state index >= 15 is 0 Å². The summed E-state index contributed by atoms with van der Waals surface area (Å²) < 4.78 is 0. The van der Waals surface area contributed by atoms with Crippen molar-refractivity contribution in [3.05, 3.63) is 76.9 Å². The summed E-state index contributed by atoms with van der Waals surface area (Å²) in [6, 6.07) is 17.3. The lowest BCUT2D eigenvalue weighted by Crippen LogP contribution is -2.18. The van der Waals surface area contributed by atoms with Gasteiger partial charge in [0.2, 0.25) is 0 Å². The number of hydrogen-bond donors (Lipinski definition) is 2. The van der Waals surface area contributed by atoms with Crippen molar-refractivity contribution < 1.29 is 15.0 Å². The first-order valence-electron chi connectivity index (χ1n) is 15.0. The summed E-state index contributed by atoms with van der Waals surface area (Å²) in [6.45, 7) is 3.75. The Morgan fingerprint density at radius 3 is 2.33 bits per heavy atom. The zero-order valence-corrected chi connectivity index (χ0v) is 25.3. The van der Waals surface area contributed by atoms with E-state index in [0.29, 0.717) is 6.42 Å². The Kier molecular flexibility index (Phi) is 12.7. The summed E-state index contributed by atoms with van der Waals surface area (Å²) >= 11 is 1.75. The molecular formula is C35H50O3S. The lowest BCUT2D eigenvalue weighted by Gasteiger charge is -2.21. The molecule has 2 saturated carbocycles. The minimum absolute atomic E-state index is 0.186. The first kappa shape index (κ1) is 31.5. The zero-order valence-electron chi connectivity index (χ0n) is 24.5. The van der Waals surface area contributed by atoms with E-state index in [4.69, 9.17) is 5.11 Å². The molecule has 3 nitrogen and oxygen atoms in total. The van der Waals surface area contributed by atoms with Crippen LogP contribution >= 0.6 is 11.8 Å². The predicted molar refractivity (Wildman–Crippen MR) is 167 cm³/mol. The Bertz CT molecular complexity index is 1040. The number of carboxylic acids is 1. The van der Waals surface area contributed by atoms with Crippen molar-refractivity contribution in [1.82, 2.24) is 0 Å². The van der Waals surface area contributed by atoms with Gasteiger partial charge in [-0.1, -0.05) is 92.8 Å². The number of aliphatic carboxylic acids is 1. The maximum absolute atomic E-state index is 10.4. The summed E-state index contributed by atoms with van der Waals surface area (Å²) in [5.74, 6) is 1.13. The lowest BCUT2D eigenvalue weighted by atomic mass is 9.90. The van der Waals surface area contributed by atoms with Crippen LogP contribution in [0.5, 0.6) is 0 Å². The van der Waals surface area contributed by atoms with Gasteiger partial charge in [0.15, 0.2) is 0 Å². The minimum Gasteiger partial charge on any atom is -0.481 e. The number of carboxylic acid groups (broad SMARTS) is 1. The molecular weight excluding hydrogens is 500 g/mol. The van der Waals surface area contributed by atoms with Crippen molar-refractivity contribution >= 4 is 23.8 Å². The fourth-order valence-electron chi connectivity index (χ4n) is 5.77. The topological polar surface area (TPSA) is 57.5 Å². The smallest absolute Gasteiger partial charge is 0.303 e. The Balaban J connectivity index is 0.000000353. The fraction of sp³-hybridized carbons (Fsp3) is 0.571. The molecule has 2 aliphatic rings. The number of allylic oxidation sites excluding steroid dienone is 1. The van der Waals surface area contributed by atoms with E-state index < -0.39 is 11.6 Å². The van der Waals surface area contributed by atoms with Crippen molar-refractivity contribution in [1.29, 1.82) is 0 Å². The van der Waals surface area contributed by atoms with Crippen LogP contribution in [-0.2, 0) is 23.2 Å². The van der Waals surface area contributed by atoms with Crippen molar-refractivity contribution in [2.45, 2.75) is 103 Å². The van der Waals surface area contributed by atoms with Gasteiger partial charge in [0.25, 0.3) is 0 Å². The van der Waals surface area contributed by atoms with Crippen LogP contribution in [-0.4, -0.2) is 28.2 Å². The van der Waals surface area contributed by atoms with E-state index in [9.17, 15) is 9.90 Å². The molecule has 0 heterocycles. The van der Waals surface area contributed by atoms with Crippen LogP contribution in [0.15, 0.2) is 54.6 Å². The normalized spacial score (nSPS) is 17.6. The number of thioether (sulfide) groups is 1. The highest BCUT2D eigenvalue weighted by Gasteiger charge is 2.43. The molecule has 214 valence electrons. The summed E-state index contributed by atoms with van der Waals surface area (Å²) in [7, 11) is 0. The molecule has 2 aromatic rings.